The predicted molar refractivity (Wildman–Crippen MR) is 63.4 cm³/mol. The molecule has 0 saturated heterocycles. The summed E-state index contributed by atoms with van der Waals surface area (Å²) in [7, 11) is 0. The van der Waals surface area contributed by atoms with Crippen molar-refractivity contribution in [3.05, 3.63) is 41.5 Å². The molecule has 0 aliphatic carbocycles. The van der Waals surface area contributed by atoms with Crippen LogP contribution in [0.2, 0.25) is 0 Å². The van der Waals surface area contributed by atoms with Crippen molar-refractivity contribution >= 4 is 0 Å². The Morgan fingerprint density at radius 1 is 1.41 bits per heavy atom. The van der Waals surface area contributed by atoms with Crippen molar-refractivity contribution in [3.63, 3.8) is 0 Å². The van der Waals surface area contributed by atoms with E-state index >= 15 is 0 Å². The number of nitrogens with zero attached hydrogens (tertiary/aromatic N) is 3. The van der Waals surface area contributed by atoms with Crippen molar-refractivity contribution in [2.45, 2.75) is 20.4 Å². The molecule has 1 aromatic heterocycles. The van der Waals surface area contributed by atoms with Gasteiger partial charge in [0.25, 0.3) is 0 Å². The molecule has 4 nitrogen and oxygen atoms in total. The molecular weight excluding hydrogens is 219 g/mol. The van der Waals surface area contributed by atoms with E-state index in [0.29, 0.717) is 12.1 Å². The molecule has 0 spiro atoms. The number of hydrogen-bond donors (Lipinski definition) is 1. The highest BCUT2D eigenvalue weighted by Gasteiger charge is 2.07. The molecule has 0 atom stereocenters. The maximum atomic E-state index is 13.4. The normalized spacial score (nSPS) is 10.8. The first-order chi connectivity index (χ1) is 8.22. The van der Waals surface area contributed by atoms with Crippen molar-refractivity contribution in [2.24, 2.45) is 0 Å². The summed E-state index contributed by atoms with van der Waals surface area (Å²) in [5.41, 5.74) is 2.14. The molecule has 0 radical (unpaired) electrons. The molecule has 0 amide bonds. The minimum atomic E-state index is -0.230. The van der Waals surface area contributed by atoms with Gasteiger partial charge in [-0.25, -0.2) is 9.07 Å². The van der Waals surface area contributed by atoms with Crippen LogP contribution < -0.4 is 5.32 Å². The summed E-state index contributed by atoms with van der Waals surface area (Å²) in [6, 6.07) is 4.93. The van der Waals surface area contributed by atoms with Crippen LogP contribution in [-0.4, -0.2) is 21.5 Å². The monoisotopic (exact) mass is 234 g/mol. The lowest BCUT2D eigenvalue weighted by atomic mass is 10.2. The van der Waals surface area contributed by atoms with Gasteiger partial charge in [-0.15, -0.1) is 5.10 Å². The minimum absolute atomic E-state index is 0.230. The van der Waals surface area contributed by atoms with Crippen LogP contribution >= 0.6 is 0 Å². The van der Waals surface area contributed by atoms with E-state index in [0.717, 1.165) is 17.9 Å². The van der Waals surface area contributed by atoms with E-state index in [2.05, 4.69) is 15.6 Å². The number of aromatic nitrogens is 3. The van der Waals surface area contributed by atoms with Crippen LogP contribution in [0.5, 0.6) is 0 Å². The van der Waals surface area contributed by atoms with Crippen molar-refractivity contribution in [1.29, 1.82) is 0 Å². The summed E-state index contributed by atoms with van der Waals surface area (Å²) in [6.45, 7) is 5.31. The Bertz CT molecular complexity index is 507. The summed E-state index contributed by atoms with van der Waals surface area (Å²) < 4.78 is 15.0. The van der Waals surface area contributed by atoms with Gasteiger partial charge in [-0.2, -0.15) is 0 Å². The van der Waals surface area contributed by atoms with E-state index in [1.54, 1.807) is 17.7 Å². The second-order valence-electron chi connectivity index (χ2n) is 3.82. The Kier molecular flexibility index (Phi) is 3.49. The third-order valence-electron chi connectivity index (χ3n) is 2.58. The Hall–Kier alpha value is -1.75. The third-order valence-corrected chi connectivity index (χ3v) is 2.58. The van der Waals surface area contributed by atoms with Gasteiger partial charge in [0, 0.05) is 12.1 Å². The first kappa shape index (κ1) is 11.7. The summed E-state index contributed by atoms with van der Waals surface area (Å²) in [5, 5.41) is 11.2. The third kappa shape index (κ3) is 2.50. The topological polar surface area (TPSA) is 42.7 Å². The van der Waals surface area contributed by atoms with E-state index in [-0.39, 0.29) is 5.82 Å². The fourth-order valence-corrected chi connectivity index (χ4v) is 1.59. The Morgan fingerprint density at radius 3 is 3.00 bits per heavy atom. The molecule has 0 aliphatic heterocycles. The van der Waals surface area contributed by atoms with Crippen LogP contribution in [-0.2, 0) is 6.54 Å². The standard InChI is InChI=1S/C12H15FN4/c1-3-14-7-10-8-17(16-15-10)12-6-4-5-11(13)9(12)2/h4-6,8,14H,3,7H2,1-2H3. The highest BCUT2D eigenvalue weighted by molar-refractivity contribution is 5.40. The van der Waals surface area contributed by atoms with Gasteiger partial charge in [-0.05, 0) is 25.6 Å². The van der Waals surface area contributed by atoms with Crippen LogP contribution in [0, 0.1) is 12.7 Å². The SMILES string of the molecule is CCNCc1cn(-c2cccc(F)c2C)nn1. The zero-order valence-corrected chi connectivity index (χ0v) is 9.94. The fourth-order valence-electron chi connectivity index (χ4n) is 1.59. The van der Waals surface area contributed by atoms with E-state index < -0.39 is 0 Å². The Balaban J connectivity index is 2.27. The molecule has 90 valence electrons. The van der Waals surface area contributed by atoms with E-state index in [4.69, 9.17) is 0 Å². The number of nitrogens with one attached hydrogen (secondary N) is 1. The first-order valence-corrected chi connectivity index (χ1v) is 5.59. The molecule has 2 aromatic rings. The van der Waals surface area contributed by atoms with Gasteiger partial charge in [0.2, 0.25) is 0 Å². The molecule has 0 fully saturated rings. The number of halogens is 1. The van der Waals surface area contributed by atoms with Gasteiger partial charge in [-0.1, -0.05) is 18.2 Å². The molecule has 1 N–H and O–H groups in total. The van der Waals surface area contributed by atoms with E-state index in [1.807, 2.05) is 19.2 Å². The van der Waals surface area contributed by atoms with Crippen LogP contribution in [0.4, 0.5) is 4.39 Å². The minimum Gasteiger partial charge on any atom is -0.311 e. The summed E-state index contributed by atoms with van der Waals surface area (Å²) >= 11 is 0. The summed E-state index contributed by atoms with van der Waals surface area (Å²) in [4.78, 5) is 0. The van der Waals surface area contributed by atoms with Gasteiger partial charge in [0.05, 0.1) is 17.6 Å². The Morgan fingerprint density at radius 2 is 2.24 bits per heavy atom. The average Bonchev–Trinajstić information content (AvgIpc) is 2.78. The number of benzene rings is 1. The second kappa shape index (κ2) is 5.05. The van der Waals surface area contributed by atoms with Crippen LogP contribution in [0.15, 0.2) is 24.4 Å². The van der Waals surface area contributed by atoms with E-state index in [1.165, 1.54) is 6.07 Å². The predicted octanol–water partition coefficient (Wildman–Crippen LogP) is 1.82. The molecule has 1 aromatic carbocycles. The first-order valence-electron chi connectivity index (χ1n) is 5.59. The second-order valence-corrected chi connectivity index (χ2v) is 3.82. The highest BCUT2D eigenvalue weighted by Crippen LogP contribution is 2.15. The molecule has 0 bridgehead atoms. The largest absolute Gasteiger partial charge is 0.311 e. The zero-order valence-electron chi connectivity index (χ0n) is 9.94. The smallest absolute Gasteiger partial charge is 0.128 e. The molecule has 17 heavy (non-hydrogen) atoms. The van der Waals surface area contributed by atoms with Gasteiger partial charge >= 0.3 is 0 Å². The lowest BCUT2D eigenvalue weighted by molar-refractivity contribution is 0.614. The quantitative estimate of drug-likeness (QED) is 0.877. The van der Waals surface area contributed by atoms with Gasteiger partial charge < -0.3 is 5.32 Å². The van der Waals surface area contributed by atoms with Crippen LogP contribution in [0.1, 0.15) is 18.2 Å². The fraction of sp³-hybridized carbons (Fsp3) is 0.333. The van der Waals surface area contributed by atoms with Crippen molar-refractivity contribution in [2.75, 3.05) is 6.54 Å². The maximum Gasteiger partial charge on any atom is 0.128 e. The van der Waals surface area contributed by atoms with Crippen molar-refractivity contribution < 1.29 is 4.39 Å². The van der Waals surface area contributed by atoms with Crippen LogP contribution in [0.25, 0.3) is 5.69 Å². The lowest BCUT2D eigenvalue weighted by Crippen LogP contribution is -2.11. The number of hydrogen-bond acceptors (Lipinski definition) is 3. The number of rotatable bonds is 4. The van der Waals surface area contributed by atoms with Crippen molar-refractivity contribution in [3.8, 4) is 5.69 Å². The average molecular weight is 234 g/mol. The van der Waals surface area contributed by atoms with Crippen LogP contribution in [0.3, 0.4) is 0 Å². The summed E-state index contributed by atoms with van der Waals surface area (Å²) in [5.74, 6) is -0.230. The molecule has 0 aliphatic rings. The molecule has 2 rings (SSSR count). The molecule has 0 unspecified atom stereocenters. The molecular formula is C12H15FN4. The maximum absolute atomic E-state index is 13.4. The zero-order chi connectivity index (χ0) is 12.3. The lowest BCUT2D eigenvalue weighted by Gasteiger charge is -2.04. The van der Waals surface area contributed by atoms with Gasteiger partial charge in [-0.3, -0.25) is 0 Å². The van der Waals surface area contributed by atoms with Crippen molar-refractivity contribution in [1.82, 2.24) is 20.3 Å². The van der Waals surface area contributed by atoms with Gasteiger partial charge in [0.15, 0.2) is 0 Å². The molecule has 1 heterocycles. The highest BCUT2D eigenvalue weighted by atomic mass is 19.1. The van der Waals surface area contributed by atoms with Gasteiger partial charge in [0.1, 0.15) is 5.82 Å². The van der Waals surface area contributed by atoms with E-state index in [9.17, 15) is 4.39 Å². The molecule has 5 heteroatoms. The molecule has 0 saturated carbocycles. The Labute approximate surface area is 99.5 Å². The summed E-state index contributed by atoms with van der Waals surface area (Å²) in [6.07, 6.45) is 1.81.